The molecule has 2 aromatic rings. The predicted molar refractivity (Wildman–Crippen MR) is 113 cm³/mol. The number of nitrogens with zero attached hydrogens (tertiary/aromatic N) is 2. The number of aromatic nitrogens is 1. The van der Waals surface area contributed by atoms with Crippen LogP contribution < -0.4 is 0 Å². The summed E-state index contributed by atoms with van der Waals surface area (Å²) in [6.45, 7) is 7.97. The number of likely N-dealkylation sites (tertiary alicyclic amines) is 1. The Morgan fingerprint density at radius 2 is 1.93 bits per heavy atom. The molecule has 1 amide bonds. The van der Waals surface area contributed by atoms with Crippen LogP contribution in [-0.4, -0.2) is 59.5 Å². The number of benzene rings is 1. The third-order valence-electron chi connectivity index (χ3n) is 6.20. The standard InChI is InChI=1S/C17H27N3O.C6H6O/c1-5-20-7-6-12-9-15-14(8-13(12)10-20)11(2)16(18-15)17(21)19(3)4;7-6-4-2-1-3-5-6/h12-13,18H,5-10H2,1-4H3;1-5,7H. The summed E-state index contributed by atoms with van der Waals surface area (Å²) >= 11 is 0. The van der Waals surface area contributed by atoms with Gasteiger partial charge in [-0.05, 0) is 74.4 Å². The minimum Gasteiger partial charge on any atom is -0.508 e. The number of para-hydroxylation sites is 1. The van der Waals surface area contributed by atoms with Gasteiger partial charge in [-0.1, -0.05) is 25.1 Å². The molecule has 0 spiro atoms. The first-order valence-corrected chi connectivity index (χ1v) is 10.3. The second kappa shape index (κ2) is 8.82. The largest absolute Gasteiger partial charge is 0.508 e. The van der Waals surface area contributed by atoms with Crippen molar-refractivity contribution in [3.63, 3.8) is 0 Å². The van der Waals surface area contributed by atoms with Gasteiger partial charge in [-0.15, -0.1) is 0 Å². The Hall–Kier alpha value is -2.27. The maximum Gasteiger partial charge on any atom is 0.270 e. The quantitative estimate of drug-likeness (QED) is 0.835. The normalized spacial score (nSPS) is 21.1. The number of piperidine rings is 1. The Balaban J connectivity index is 0.000000271. The van der Waals surface area contributed by atoms with E-state index in [1.807, 2.05) is 20.2 Å². The molecule has 1 fully saturated rings. The van der Waals surface area contributed by atoms with E-state index in [9.17, 15) is 4.79 Å². The van der Waals surface area contributed by atoms with E-state index in [0.717, 1.165) is 36.9 Å². The molecule has 2 atom stereocenters. The number of aromatic hydroxyl groups is 1. The number of aromatic amines is 1. The maximum absolute atomic E-state index is 12.3. The first kappa shape index (κ1) is 20.5. The highest BCUT2D eigenvalue weighted by Gasteiger charge is 2.35. The Morgan fingerprint density at radius 1 is 1.21 bits per heavy atom. The van der Waals surface area contributed by atoms with E-state index >= 15 is 0 Å². The molecule has 2 aliphatic rings. The molecule has 2 heterocycles. The molecule has 4 rings (SSSR count). The van der Waals surface area contributed by atoms with E-state index in [4.69, 9.17) is 5.11 Å². The molecule has 0 bridgehead atoms. The van der Waals surface area contributed by atoms with E-state index < -0.39 is 0 Å². The number of nitrogens with one attached hydrogen (secondary N) is 1. The lowest BCUT2D eigenvalue weighted by molar-refractivity contribution is 0.0821. The van der Waals surface area contributed by atoms with Gasteiger partial charge in [-0.3, -0.25) is 4.79 Å². The number of phenolic OH excluding ortho intramolecular Hbond substituents is 1. The zero-order chi connectivity index (χ0) is 20.3. The highest BCUT2D eigenvalue weighted by atomic mass is 16.3. The lowest BCUT2D eigenvalue weighted by Gasteiger charge is -2.41. The van der Waals surface area contributed by atoms with Crippen LogP contribution in [-0.2, 0) is 12.8 Å². The van der Waals surface area contributed by atoms with Crippen molar-refractivity contribution in [2.45, 2.75) is 33.1 Å². The van der Waals surface area contributed by atoms with Crippen LogP contribution in [0.4, 0.5) is 0 Å². The minimum absolute atomic E-state index is 0.0973. The van der Waals surface area contributed by atoms with Crippen LogP contribution in [0.3, 0.4) is 0 Å². The highest BCUT2D eigenvalue weighted by molar-refractivity contribution is 5.94. The Labute approximate surface area is 168 Å². The smallest absolute Gasteiger partial charge is 0.270 e. The van der Waals surface area contributed by atoms with Crippen molar-refractivity contribution in [2.75, 3.05) is 33.7 Å². The number of phenols is 1. The van der Waals surface area contributed by atoms with Crippen molar-refractivity contribution >= 4 is 5.91 Å². The fourth-order valence-corrected chi connectivity index (χ4v) is 4.48. The van der Waals surface area contributed by atoms with Crippen molar-refractivity contribution in [1.29, 1.82) is 0 Å². The third-order valence-corrected chi connectivity index (χ3v) is 6.20. The summed E-state index contributed by atoms with van der Waals surface area (Å²) in [5.41, 5.74) is 4.72. The summed E-state index contributed by atoms with van der Waals surface area (Å²) in [4.78, 5) is 20.0. The Bertz CT molecular complexity index is 798. The summed E-state index contributed by atoms with van der Waals surface area (Å²) in [5, 5.41) is 8.63. The number of rotatable bonds is 2. The first-order chi connectivity index (χ1) is 13.4. The highest BCUT2D eigenvalue weighted by Crippen LogP contribution is 2.37. The summed E-state index contributed by atoms with van der Waals surface area (Å²) in [7, 11) is 3.64. The molecular formula is C23H33N3O2. The topological polar surface area (TPSA) is 59.6 Å². The molecule has 2 unspecified atom stereocenters. The van der Waals surface area contributed by atoms with Gasteiger partial charge in [0.25, 0.3) is 5.91 Å². The molecule has 1 aromatic heterocycles. The van der Waals surface area contributed by atoms with Gasteiger partial charge in [-0.2, -0.15) is 0 Å². The molecule has 1 aliphatic carbocycles. The number of carbonyl (C=O) groups is 1. The van der Waals surface area contributed by atoms with Crippen LogP contribution in [0.5, 0.6) is 5.75 Å². The van der Waals surface area contributed by atoms with Crippen LogP contribution in [0.2, 0.25) is 0 Å². The molecule has 0 radical (unpaired) electrons. The first-order valence-electron chi connectivity index (χ1n) is 10.3. The fourth-order valence-electron chi connectivity index (χ4n) is 4.48. The monoisotopic (exact) mass is 383 g/mol. The van der Waals surface area contributed by atoms with Gasteiger partial charge in [0.15, 0.2) is 0 Å². The second-order valence-electron chi connectivity index (χ2n) is 8.23. The van der Waals surface area contributed by atoms with Crippen LogP contribution in [0.1, 0.15) is 40.7 Å². The molecule has 5 nitrogen and oxygen atoms in total. The number of amides is 1. The average molecular weight is 384 g/mol. The lowest BCUT2D eigenvalue weighted by Crippen LogP contribution is -2.43. The van der Waals surface area contributed by atoms with Gasteiger partial charge in [0, 0.05) is 26.3 Å². The zero-order valence-corrected chi connectivity index (χ0v) is 17.5. The molecule has 5 heteroatoms. The third kappa shape index (κ3) is 4.41. The molecule has 1 aliphatic heterocycles. The van der Waals surface area contributed by atoms with E-state index in [0.29, 0.717) is 5.75 Å². The van der Waals surface area contributed by atoms with Crippen molar-refractivity contribution in [3.05, 3.63) is 52.8 Å². The minimum atomic E-state index is 0.0973. The van der Waals surface area contributed by atoms with E-state index in [1.165, 1.54) is 36.3 Å². The fraction of sp³-hybridized carbons (Fsp3) is 0.522. The van der Waals surface area contributed by atoms with Gasteiger partial charge in [0.1, 0.15) is 11.4 Å². The van der Waals surface area contributed by atoms with Crippen LogP contribution >= 0.6 is 0 Å². The molecule has 1 saturated heterocycles. The number of fused-ring (bicyclic) bond motifs is 2. The molecular weight excluding hydrogens is 350 g/mol. The van der Waals surface area contributed by atoms with Crippen LogP contribution in [0.15, 0.2) is 30.3 Å². The SMILES string of the molecule is CCN1CCC2Cc3[nH]c(C(=O)N(C)C)c(C)c3CC2C1.Oc1ccccc1. The number of H-pyrrole nitrogens is 1. The number of hydrogen-bond acceptors (Lipinski definition) is 3. The van der Waals surface area contributed by atoms with Crippen molar-refractivity contribution < 1.29 is 9.90 Å². The van der Waals surface area contributed by atoms with Gasteiger partial charge >= 0.3 is 0 Å². The van der Waals surface area contributed by atoms with Gasteiger partial charge < -0.3 is 19.9 Å². The van der Waals surface area contributed by atoms with Crippen LogP contribution in [0, 0.1) is 18.8 Å². The summed E-state index contributed by atoms with van der Waals surface area (Å²) < 4.78 is 0. The number of carbonyl (C=O) groups excluding carboxylic acids is 1. The van der Waals surface area contributed by atoms with E-state index in [-0.39, 0.29) is 5.91 Å². The van der Waals surface area contributed by atoms with Crippen molar-refractivity contribution in [3.8, 4) is 5.75 Å². The molecule has 152 valence electrons. The predicted octanol–water partition coefficient (Wildman–Crippen LogP) is 3.47. The van der Waals surface area contributed by atoms with Crippen molar-refractivity contribution in [2.24, 2.45) is 11.8 Å². The summed E-state index contributed by atoms with van der Waals surface area (Å²) in [6.07, 6.45) is 3.56. The average Bonchev–Trinajstić information content (AvgIpc) is 3.02. The maximum atomic E-state index is 12.3. The summed E-state index contributed by atoms with van der Waals surface area (Å²) in [6, 6.07) is 8.71. The summed E-state index contributed by atoms with van der Waals surface area (Å²) in [5.74, 6) is 1.98. The molecule has 1 aromatic carbocycles. The van der Waals surface area contributed by atoms with Gasteiger partial charge in [0.2, 0.25) is 0 Å². The zero-order valence-electron chi connectivity index (χ0n) is 17.5. The van der Waals surface area contributed by atoms with Crippen LogP contribution in [0.25, 0.3) is 0 Å². The Morgan fingerprint density at radius 3 is 2.50 bits per heavy atom. The molecule has 0 saturated carbocycles. The van der Waals surface area contributed by atoms with Crippen molar-refractivity contribution in [1.82, 2.24) is 14.8 Å². The lowest BCUT2D eigenvalue weighted by atomic mass is 9.74. The Kier molecular flexibility index (Phi) is 6.45. The molecule has 2 N–H and O–H groups in total. The van der Waals surface area contributed by atoms with Gasteiger partial charge in [-0.25, -0.2) is 0 Å². The second-order valence-corrected chi connectivity index (χ2v) is 8.23. The van der Waals surface area contributed by atoms with E-state index in [2.05, 4.69) is 23.7 Å². The number of hydrogen-bond donors (Lipinski definition) is 2. The van der Waals surface area contributed by atoms with E-state index in [1.54, 1.807) is 29.2 Å². The van der Waals surface area contributed by atoms with Gasteiger partial charge in [0.05, 0.1) is 0 Å². The molecule has 28 heavy (non-hydrogen) atoms.